The highest BCUT2D eigenvalue weighted by atomic mass is 16.3. The van der Waals surface area contributed by atoms with Crippen molar-refractivity contribution in [1.29, 1.82) is 5.26 Å². The third-order valence-corrected chi connectivity index (χ3v) is 3.08. The molecule has 0 aliphatic carbocycles. The number of nitriles is 1. The molecule has 3 rings (SSSR count). The van der Waals surface area contributed by atoms with Crippen LogP contribution in [-0.4, -0.2) is 0 Å². The van der Waals surface area contributed by atoms with Crippen molar-refractivity contribution in [3.05, 3.63) is 60.4 Å². The molecule has 2 heterocycles. The first-order valence-electron chi connectivity index (χ1n) is 6.15. The maximum absolute atomic E-state index is 9.27. The predicted molar refractivity (Wildman–Crippen MR) is 75.3 cm³/mol. The summed E-state index contributed by atoms with van der Waals surface area (Å²) in [4.78, 5) is 3.06. The largest absolute Gasteiger partial charge is 0.464 e. The van der Waals surface area contributed by atoms with Crippen LogP contribution in [0.4, 0.5) is 5.82 Å². The molecule has 3 aromatic rings. The number of nitrogen functional groups attached to an aromatic ring is 1. The zero-order valence-electron chi connectivity index (χ0n) is 10.6. The van der Waals surface area contributed by atoms with E-state index < -0.39 is 0 Å². The summed E-state index contributed by atoms with van der Waals surface area (Å²) in [6, 6.07) is 17.4. The van der Waals surface area contributed by atoms with Crippen LogP contribution in [0.15, 0.2) is 59.2 Å². The average Bonchev–Trinajstić information content (AvgIpc) is 3.01. The van der Waals surface area contributed by atoms with E-state index in [0.717, 1.165) is 11.3 Å². The van der Waals surface area contributed by atoms with Crippen LogP contribution >= 0.6 is 0 Å². The van der Waals surface area contributed by atoms with Crippen molar-refractivity contribution in [3.8, 4) is 28.7 Å². The zero-order chi connectivity index (χ0) is 13.9. The Labute approximate surface area is 116 Å². The van der Waals surface area contributed by atoms with E-state index in [-0.39, 0.29) is 0 Å². The Morgan fingerprint density at radius 3 is 2.55 bits per heavy atom. The average molecular weight is 262 g/mol. The number of furan rings is 1. The van der Waals surface area contributed by atoms with Crippen LogP contribution < -0.4 is 10.7 Å². The summed E-state index contributed by atoms with van der Waals surface area (Å²) in [5, 5.41) is 9.27. The number of anilines is 1. The number of pyridine rings is 1. The Morgan fingerprint density at radius 1 is 1.10 bits per heavy atom. The van der Waals surface area contributed by atoms with Crippen LogP contribution in [0.5, 0.6) is 0 Å². The van der Waals surface area contributed by atoms with Gasteiger partial charge in [0.2, 0.25) is 0 Å². The lowest BCUT2D eigenvalue weighted by molar-refractivity contribution is -0.346. The van der Waals surface area contributed by atoms with Crippen molar-refractivity contribution in [3.63, 3.8) is 0 Å². The van der Waals surface area contributed by atoms with Crippen LogP contribution in [0.3, 0.4) is 0 Å². The van der Waals surface area contributed by atoms with E-state index in [1.165, 1.54) is 0 Å². The fourth-order valence-corrected chi connectivity index (χ4v) is 2.13. The Morgan fingerprint density at radius 2 is 1.90 bits per heavy atom. The molecule has 0 saturated carbocycles. The molecule has 4 nitrogen and oxygen atoms in total. The summed E-state index contributed by atoms with van der Waals surface area (Å²) in [5.74, 6) is 0.958. The van der Waals surface area contributed by atoms with Crippen molar-refractivity contribution in [1.82, 2.24) is 0 Å². The first-order chi connectivity index (χ1) is 9.79. The van der Waals surface area contributed by atoms with E-state index in [1.807, 2.05) is 42.5 Å². The van der Waals surface area contributed by atoms with Crippen molar-refractivity contribution in [2.24, 2.45) is 0 Å². The predicted octanol–water partition coefficient (Wildman–Crippen LogP) is 2.88. The summed E-state index contributed by atoms with van der Waals surface area (Å²) in [5.41, 5.74) is 8.87. The molecule has 0 radical (unpaired) electrons. The number of hydrogen-bond donors (Lipinski definition) is 1. The number of aromatic amines is 1. The van der Waals surface area contributed by atoms with Crippen LogP contribution in [0.1, 0.15) is 5.56 Å². The third kappa shape index (κ3) is 2.02. The van der Waals surface area contributed by atoms with Gasteiger partial charge in [-0.1, -0.05) is 30.3 Å². The van der Waals surface area contributed by atoms with Crippen LogP contribution in [0, 0.1) is 11.3 Å². The van der Waals surface area contributed by atoms with Crippen LogP contribution in [-0.2, 0) is 0 Å². The van der Waals surface area contributed by atoms with Crippen LogP contribution in [0.25, 0.3) is 22.6 Å². The molecule has 3 N–H and O–H groups in total. The summed E-state index contributed by atoms with van der Waals surface area (Å²) in [7, 11) is 0. The van der Waals surface area contributed by atoms with E-state index in [1.54, 1.807) is 12.3 Å². The van der Waals surface area contributed by atoms with Gasteiger partial charge < -0.3 is 4.42 Å². The summed E-state index contributed by atoms with van der Waals surface area (Å²) in [6.07, 6.45) is 1.57. The zero-order valence-corrected chi connectivity index (χ0v) is 10.6. The molecule has 96 valence electrons. The molecule has 0 spiro atoms. The molecule has 2 aromatic heterocycles. The van der Waals surface area contributed by atoms with Gasteiger partial charge in [0.1, 0.15) is 17.5 Å². The van der Waals surface area contributed by atoms with Gasteiger partial charge in [0.15, 0.2) is 5.56 Å². The standard InChI is InChI=1S/C16H11N3O/c17-10-13-12(15-7-4-8-20-15)9-14(19-16(13)18)11-5-2-1-3-6-11/h1-9H,(H2,18,19)/p+1. The van der Waals surface area contributed by atoms with Gasteiger partial charge in [0.25, 0.3) is 5.82 Å². The minimum Gasteiger partial charge on any atom is -0.464 e. The number of nitrogens with one attached hydrogen (secondary N) is 1. The minimum atomic E-state index is 0.334. The SMILES string of the molecule is N#Cc1c(-c2ccco2)cc(-c2ccccc2)[nH+]c1N. The molecular weight excluding hydrogens is 250 g/mol. The lowest BCUT2D eigenvalue weighted by Crippen LogP contribution is -2.16. The van der Waals surface area contributed by atoms with Gasteiger partial charge in [-0.05, 0) is 18.2 Å². The number of nitrogens with zero attached hydrogens (tertiary/aromatic N) is 1. The Hall–Kier alpha value is -3.06. The van der Waals surface area contributed by atoms with Crippen molar-refractivity contribution in [2.45, 2.75) is 0 Å². The molecule has 0 amide bonds. The maximum Gasteiger partial charge on any atom is 0.289 e. The third-order valence-electron chi connectivity index (χ3n) is 3.08. The highest BCUT2D eigenvalue weighted by Gasteiger charge is 2.18. The highest BCUT2D eigenvalue weighted by molar-refractivity contribution is 5.74. The Kier molecular flexibility index (Phi) is 2.94. The van der Waals surface area contributed by atoms with Gasteiger partial charge in [-0.2, -0.15) is 5.26 Å². The van der Waals surface area contributed by atoms with E-state index in [0.29, 0.717) is 22.7 Å². The molecular formula is C16H12N3O+. The molecule has 0 atom stereocenters. The lowest BCUT2D eigenvalue weighted by atomic mass is 10.0. The summed E-state index contributed by atoms with van der Waals surface area (Å²) < 4.78 is 5.39. The highest BCUT2D eigenvalue weighted by Crippen LogP contribution is 2.29. The summed E-state index contributed by atoms with van der Waals surface area (Å²) in [6.45, 7) is 0. The van der Waals surface area contributed by atoms with Crippen LogP contribution in [0.2, 0.25) is 0 Å². The molecule has 0 saturated heterocycles. The van der Waals surface area contributed by atoms with Gasteiger partial charge >= 0.3 is 0 Å². The monoisotopic (exact) mass is 262 g/mol. The quantitative estimate of drug-likeness (QED) is 0.771. The fraction of sp³-hybridized carbons (Fsp3) is 0. The van der Waals surface area contributed by atoms with Gasteiger partial charge in [-0.3, -0.25) is 5.73 Å². The molecule has 1 aromatic carbocycles. The topological polar surface area (TPSA) is 77.1 Å². The molecule has 20 heavy (non-hydrogen) atoms. The lowest BCUT2D eigenvalue weighted by Gasteiger charge is -2.04. The number of aromatic nitrogens is 1. The second-order valence-corrected chi connectivity index (χ2v) is 4.34. The van der Waals surface area contributed by atoms with E-state index in [2.05, 4.69) is 11.1 Å². The Bertz CT molecular complexity index is 771. The minimum absolute atomic E-state index is 0.334. The molecule has 0 aliphatic heterocycles. The van der Waals surface area contributed by atoms with Gasteiger partial charge in [0, 0.05) is 11.1 Å². The molecule has 0 fully saturated rings. The number of nitrogens with two attached hydrogens (primary N) is 1. The number of rotatable bonds is 2. The summed E-state index contributed by atoms with van der Waals surface area (Å²) >= 11 is 0. The Balaban J connectivity index is 2.24. The van der Waals surface area contributed by atoms with Gasteiger partial charge in [0.05, 0.1) is 6.26 Å². The second-order valence-electron chi connectivity index (χ2n) is 4.34. The normalized spacial score (nSPS) is 10.2. The first-order valence-corrected chi connectivity index (χ1v) is 6.15. The van der Waals surface area contributed by atoms with Crippen molar-refractivity contribution < 1.29 is 9.40 Å². The molecule has 4 heteroatoms. The molecule has 0 bridgehead atoms. The van der Waals surface area contributed by atoms with E-state index >= 15 is 0 Å². The second kappa shape index (κ2) is 4.90. The molecule has 0 unspecified atom stereocenters. The van der Waals surface area contributed by atoms with Crippen molar-refractivity contribution in [2.75, 3.05) is 5.73 Å². The maximum atomic E-state index is 9.27. The number of H-pyrrole nitrogens is 1. The van der Waals surface area contributed by atoms with E-state index in [9.17, 15) is 5.26 Å². The number of hydrogen-bond acceptors (Lipinski definition) is 3. The molecule has 0 aliphatic rings. The first kappa shape index (κ1) is 12.0. The smallest absolute Gasteiger partial charge is 0.289 e. The van der Waals surface area contributed by atoms with Crippen molar-refractivity contribution >= 4 is 5.82 Å². The fourth-order valence-electron chi connectivity index (χ4n) is 2.13. The van der Waals surface area contributed by atoms with Gasteiger partial charge in [-0.15, -0.1) is 0 Å². The van der Waals surface area contributed by atoms with Gasteiger partial charge in [-0.25, -0.2) is 4.98 Å². The number of benzene rings is 1. The van der Waals surface area contributed by atoms with E-state index in [4.69, 9.17) is 10.2 Å².